The van der Waals surface area contributed by atoms with E-state index in [-0.39, 0.29) is 18.8 Å². The predicted molar refractivity (Wildman–Crippen MR) is 71.0 cm³/mol. The van der Waals surface area contributed by atoms with Crippen molar-refractivity contribution in [2.45, 2.75) is 25.7 Å². The van der Waals surface area contributed by atoms with E-state index in [9.17, 15) is 5.11 Å². The first-order chi connectivity index (χ1) is 8.58. The van der Waals surface area contributed by atoms with E-state index in [0.29, 0.717) is 23.3 Å². The summed E-state index contributed by atoms with van der Waals surface area (Å²) in [5.41, 5.74) is 0.759. The Balaban J connectivity index is 2.06. The van der Waals surface area contributed by atoms with Gasteiger partial charge < -0.3 is 9.84 Å². The van der Waals surface area contributed by atoms with Gasteiger partial charge in [-0.3, -0.25) is 4.90 Å². The number of nitrogens with zero attached hydrogens (tertiary/aromatic N) is 2. The number of ether oxygens (including phenoxy) is 1. The van der Waals surface area contributed by atoms with Crippen molar-refractivity contribution in [3.05, 3.63) is 28.0 Å². The highest BCUT2D eigenvalue weighted by molar-refractivity contribution is 6.32. The predicted octanol–water partition coefficient (Wildman–Crippen LogP) is 1.97. The summed E-state index contributed by atoms with van der Waals surface area (Å²) in [5.74, 6) is 0. The molecule has 1 aromatic rings. The summed E-state index contributed by atoms with van der Waals surface area (Å²) in [6.45, 7) is 4.09. The number of aromatic nitrogens is 1. The minimum atomic E-state index is -0.147. The Morgan fingerprint density at radius 2 is 2.22 bits per heavy atom. The Hall–Kier alpha value is -0.390. The van der Waals surface area contributed by atoms with E-state index >= 15 is 0 Å². The van der Waals surface area contributed by atoms with Crippen LogP contribution < -0.4 is 0 Å². The van der Waals surface area contributed by atoms with Crippen molar-refractivity contribution >= 4 is 23.2 Å². The zero-order valence-corrected chi connectivity index (χ0v) is 11.7. The van der Waals surface area contributed by atoms with Crippen LogP contribution in [0.5, 0.6) is 0 Å². The van der Waals surface area contributed by atoms with Crippen LogP contribution >= 0.6 is 23.2 Å². The van der Waals surface area contributed by atoms with Gasteiger partial charge in [-0.1, -0.05) is 23.2 Å². The van der Waals surface area contributed by atoms with Crippen LogP contribution in [0.2, 0.25) is 10.2 Å². The third-order valence-corrected chi connectivity index (χ3v) is 3.42. The normalized spacial score (nSPS) is 25.3. The summed E-state index contributed by atoms with van der Waals surface area (Å²) in [7, 11) is 0. The van der Waals surface area contributed by atoms with Crippen LogP contribution in [-0.4, -0.2) is 46.9 Å². The maximum Gasteiger partial charge on any atom is 0.129 e. The van der Waals surface area contributed by atoms with Gasteiger partial charge in [0.25, 0.3) is 0 Å². The fourth-order valence-corrected chi connectivity index (χ4v) is 2.48. The molecular weight excluding hydrogens is 275 g/mol. The second kappa shape index (κ2) is 6.17. The molecule has 0 aliphatic carbocycles. The number of hydrogen-bond acceptors (Lipinski definition) is 4. The SMILES string of the molecule is CC1CN(Cc2nc(Cl)ccc2Cl)CC(CO)O1. The first-order valence-corrected chi connectivity index (χ1v) is 6.63. The van der Waals surface area contributed by atoms with Gasteiger partial charge in [0.05, 0.1) is 29.5 Å². The molecule has 1 aromatic heterocycles. The summed E-state index contributed by atoms with van der Waals surface area (Å²) >= 11 is 12.0. The van der Waals surface area contributed by atoms with Gasteiger partial charge in [-0.2, -0.15) is 0 Å². The van der Waals surface area contributed by atoms with Crippen LogP contribution in [-0.2, 0) is 11.3 Å². The molecule has 1 aliphatic rings. The molecule has 18 heavy (non-hydrogen) atoms. The Bertz CT molecular complexity index is 417. The van der Waals surface area contributed by atoms with E-state index in [2.05, 4.69) is 9.88 Å². The molecule has 1 fully saturated rings. The zero-order valence-electron chi connectivity index (χ0n) is 10.1. The van der Waals surface area contributed by atoms with Crippen molar-refractivity contribution in [1.82, 2.24) is 9.88 Å². The number of hydrogen-bond donors (Lipinski definition) is 1. The molecule has 1 N–H and O–H groups in total. The smallest absolute Gasteiger partial charge is 0.129 e. The standard InChI is InChI=1S/C12H16Cl2N2O2/c1-8-4-16(5-9(7-17)18-8)6-11-10(13)2-3-12(14)15-11/h2-3,8-9,17H,4-7H2,1H3. The van der Waals surface area contributed by atoms with Crippen LogP contribution in [0.4, 0.5) is 0 Å². The largest absolute Gasteiger partial charge is 0.394 e. The molecule has 2 unspecified atom stereocenters. The summed E-state index contributed by atoms with van der Waals surface area (Å²) in [5, 5.41) is 10.2. The Morgan fingerprint density at radius 1 is 1.44 bits per heavy atom. The van der Waals surface area contributed by atoms with Crippen molar-refractivity contribution < 1.29 is 9.84 Å². The van der Waals surface area contributed by atoms with Gasteiger partial charge in [-0.05, 0) is 19.1 Å². The summed E-state index contributed by atoms with van der Waals surface area (Å²) in [6, 6.07) is 3.42. The second-order valence-electron chi connectivity index (χ2n) is 4.51. The Labute approximate surface area is 116 Å². The van der Waals surface area contributed by atoms with Gasteiger partial charge in [0, 0.05) is 19.6 Å². The van der Waals surface area contributed by atoms with Gasteiger partial charge in [0.2, 0.25) is 0 Å². The maximum atomic E-state index is 9.18. The van der Waals surface area contributed by atoms with Gasteiger partial charge in [0.1, 0.15) is 5.15 Å². The van der Waals surface area contributed by atoms with Crippen molar-refractivity contribution in [3.63, 3.8) is 0 Å². The molecule has 0 amide bonds. The Morgan fingerprint density at radius 3 is 2.94 bits per heavy atom. The molecule has 2 heterocycles. The fourth-order valence-electron chi connectivity index (χ4n) is 2.15. The average Bonchev–Trinajstić information content (AvgIpc) is 2.33. The Kier molecular flexibility index (Phi) is 4.81. The molecule has 2 atom stereocenters. The average molecular weight is 291 g/mol. The minimum absolute atomic E-state index is 0.0253. The molecule has 0 radical (unpaired) electrons. The number of aliphatic hydroxyl groups excluding tert-OH is 1. The van der Waals surface area contributed by atoms with E-state index in [1.54, 1.807) is 12.1 Å². The summed E-state index contributed by atoms with van der Waals surface area (Å²) in [4.78, 5) is 6.40. The van der Waals surface area contributed by atoms with Gasteiger partial charge in [-0.15, -0.1) is 0 Å². The lowest BCUT2D eigenvalue weighted by Crippen LogP contribution is -2.47. The molecule has 0 aromatic carbocycles. The first kappa shape index (κ1) is 14.0. The first-order valence-electron chi connectivity index (χ1n) is 5.88. The summed E-state index contributed by atoms with van der Waals surface area (Å²) in [6.07, 6.45) is -0.0550. The molecular formula is C12H16Cl2N2O2. The lowest BCUT2D eigenvalue weighted by molar-refractivity contribution is -0.0974. The molecule has 0 saturated carbocycles. The van der Waals surface area contributed by atoms with Gasteiger partial charge in [-0.25, -0.2) is 4.98 Å². The third-order valence-electron chi connectivity index (χ3n) is 2.86. The molecule has 4 nitrogen and oxygen atoms in total. The highest BCUT2D eigenvalue weighted by atomic mass is 35.5. The van der Waals surface area contributed by atoms with Crippen LogP contribution in [0.1, 0.15) is 12.6 Å². The van der Waals surface area contributed by atoms with Crippen LogP contribution in [0.15, 0.2) is 12.1 Å². The molecule has 2 rings (SSSR count). The van der Waals surface area contributed by atoms with E-state index in [0.717, 1.165) is 12.2 Å². The quantitative estimate of drug-likeness (QED) is 0.865. The van der Waals surface area contributed by atoms with Crippen molar-refractivity contribution in [1.29, 1.82) is 0 Å². The third kappa shape index (κ3) is 3.56. The van der Waals surface area contributed by atoms with E-state index in [1.807, 2.05) is 6.92 Å². The lowest BCUT2D eigenvalue weighted by Gasteiger charge is -2.35. The molecule has 0 spiro atoms. The summed E-state index contributed by atoms with van der Waals surface area (Å²) < 4.78 is 5.59. The number of pyridine rings is 1. The molecule has 6 heteroatoms. The van der Waals surface area contributed by atoms with Crippen molar-refractivity contribution in [2.24, 2.45) is 0 Å². The maximum absolute atomic E-state index is 9.18. The molecule has 0 bridgehead atoms. The van der Waals surface area contributed by atoms with E-state index in [4.69, 9.17) is 27.9 Å². The second-order valence-corrected chi connectivity index (χ2v) is 5.30. The van der Waals surface area contributed by atoms with Gasteiger partial charge in [0.15, 0.2) is 0 Å². The lowest BCUT2D eigenvalue weighted by atomic mass is 10.2. The molecule has 1 aliphatic heterocycles. The number of aliphatic hydroxyl groups is 1. The van der Waals surface area contributed by atoms with E-state index in [1.165, 1.54) is 0 Å². The van der Waals surface area contributed by atoms with Crippen molar-refractivity contribution in [3.8, 4) is 0 Å². The molecule has 1 saturated heterocycles. The van der Waals surface area contributed by atoms with Crippen LogP contribution in [0.3, 0.4) is 0 Å². The van der Waals surface area contributed by atoms with E-state index < -0.39 is 0 Å². The molecule has 100 valence electrons. The highest BCUT2D eigenvalue weighted by Gasteiger charge is 2.25. The fraction of sp³-hybridized carbons (Fsp3) is 0.583. The van der Waals surface area contributed by atoms with Gasteiger partial charge >= 0.3 is 0 Å². The van der Waals surface area contributed by atoms with Crippen molar-refractivity contribution in [2.75, 3.05) is 19.7 Å². The number of morpholine rings is 1. The zero-order chi connectivity index (χ0) is 13.1. The number of rotatable bonds is 3. The van der Waals surface area contributed by atoms with Crippen LogP contribution in [0.25, 0.3) is 0 Å². The monoisotopic (exact) mass is 290 g/mol. The minimum Gasteiger partial charge on any atom is -0.394 e. The topological polar surface area (TPSA) is 45.6 Å². The van der Waals surface area contributed by atoms with Crippen LogP contribution in [0, 0.1) is 0 Å². The number of halogens is 2. The highest BCUT2D eigenvalue weighted by Crippen LogP contribution is 2.20.